The highest BCUT2D eigenvalue weighted by Gasteiger charge is 1.88. The molecule has 1 aromatic heterocycles. The maximum atomic E-state index is 6.47. The topological polar surface area (TPSA) is 33.1 Å². The van der Waals surface area contributed by atoms with Gasteiger partial charge in [-0.25, -0.2) is 0 Å². The standard InChI is InChI=1S/C8H11N.ClHO/c1-6-4-7(2)9-8(3)5-6;1-2/h4-5H,1-3H3;2H. The van der Waals surface area contributed by atoms with Crippen molar-refractivity contribution in [3.8, 4) is 0 Å². The molecule has 11 heavy (non-hydrogen) atoms. The van der Waals surface area contributed by atoms with Gasteiger partial charge in [0, 0.05) is 11.4 Å². The molecule has 3 heteroatoms. The van der Waals surface area contributed by atoms with Gasteiger partial charge in [-0.1, -0.05) is 0 Å². The summed E-state index contributed by atoms with van der Waals surface area (Å²) in [6.07, 6.45) is 0. The average Bonchev–Trinajstić information content (AvgIpc) is 1.88. The van der Waals surface area contributed by atoms with Gasteiger partial charge in [0.1, 0.15) is 0 Å². The third-order valence-corrected chi connectivity index (χ3v) is 1.23. The second-order valence-corrected chi connectivity index (χ2v) is 2.43. The van der Waals surface area contributed by atoms with E-state index >= 15 is 0 Å². The Morgan fingerprint density at radius 1 is 1.09 bits per heavy atom. The normalized spacial score (nSPS) is 8.45. The first kappa shape index (κ1) is 10.4. The van der Waals surface area contributed by atoms with Crippen LogP contribution in [-0.4, -0.2) is 9.64 Å². The van der Waals surface area contributed by atoms with Crippen LogP contribution < -0.4 is 0 Å². The minimum atomic E-state index is 1.10. The van der Waals surface area contributed by atoms with Crippen LogP contribution in [0.25, 0.3) is 0 Å². The summed E-state index contributed by atoms with van der Waals surface area (Å²) in [4.78, 5) is 4.23. The summed E-state index contributed by atoms with van der Waals surface area (Å²) in [5, 5.41) is 0. The van der Waals surface area contributed by atoms with Crippen LogP contribution in [0.1, 0.15) is 17.0 Å². The van der Waals surface area contributed by atoms with E-state index in [9.17, 15) is 0 Å². The molecule has 0 amide bonds. The smallest absolute Gasteiger partial charge is 0.0579 e. The Labute approximate surface area is 72.0 Å². The molecule has 1 N–H and O–H groups in total. The average molecular weight is 174 g/mol. The molecule has 0 aliphatic rings. The Balaban J connectivity index is 0.000000461. The minimum absolute atomic E-state index is 1.10. The third kappa shape index (κ3) is 3.96. The zero-order valence-electron chi connectivity index (χ0n) is 6.93. The van der Waals surface area contributed by atoms with E-state index in [-0.39, 0.29) is 0 Å². The third-order valence-electron chi connectivity index (χ3n) is 1.23. The number of hydrogen-bond donors (Lipinski definition) is 1. The van der Waals surface area contributed by atoms with Gasteiger partial charge in [0.15, 0.2) is 0 Å². The summed E-state index contributed by atoms with van der Waals surface area (Å²) in [6.45, 7) is 6.11. The molecule has 0 saturated carbocycles. The lowest BCUT2D eigenvalue weighted by atomic mass is 10.2. The molecule has 1 aromatic rings. The van der Waals surface area contributed by atoms with Crippen molar-refractivity contribution in [1.29, 1.82) is 0 Å². The first-order chi connectivity index (χ1) is 5.18. The van der Waals surface area contributed by atoms with Gasteiger partial charge >= 0.3 is 0 Å². The zero-order valence-corrected chi connectivity index (χ0v) is 7.68. The van der Waals surface area contributed by atoms with E-state index in [0.29, 0.717) is 0 Å². The number of halogens is 1. The van der Waals surface area contributed by atoms with Crippen LogP contribution in [0.5, 0.6) is 0 Å². The molecule has 0 aliphatic carbocycles. The van der Waals surface area contributed by atoms with Gasteiger partial charge < -0.3 is 0 Å². The lowest BCUT2D eigenvalue weighted by Crippen LogP contribution is -1.85. The largest absolute Gasteiger partial charge is 0.295 e. The van der Waals surface area contributed by atoms with Crippen LogP contribution in [0, 0.1) is 20.8 Å². The second-order valence-electron chi connectivity index (χ2n) is 2.43. The van der Waals surface area contributed by atoms with Gasteiger partial charge in [0.2, 0.25) is 0 Å². The monoisotopic (exact) mass is 173 g/mol. The van der Waals surface area contributed by atoms with Crippen LogP contribution in [0.15, 0.2) is 12.1 Å². The van der Waals surface area contributed by atoms with Crippen molar-refractivity contribution in [3.63, 3.8) is 0 Å². The van der Waals surface area contributed by atoms with Crippen LogP contribution in [0.3, 0.4) is 0 Å². The van der Waals surface area contributed by atoms with E-state index in [2.05, 4.69) is 35.9 Å². The lowest BCUT2D eigenvalue weighted by Gasteiger charge is -1.96. The van der Waals surface area contributed by atoms with Crippen molar-refractivity contribution in [3.05, 3.63) is 29.1 Å². The summed E-state index contributed by atoms with van der Waals surface area (Å²) in [6, 6.07) is 4.15. The second kappa shape index (κ2) is 5.10. The van der Waals surface area contributed by atoms with Crippen LogP contribution >= 0.6 is 11.9 Å². The zero-order chi connectivity index (χ0) is 8.85. The summed E-state index contributed by atoms with van der Waals surface area (Å²) < 4.78 is 6.47. The molecule has 0 aliphatic heterocycles. The fourth-order valence-electron chi connectivity index (χ4n) is 1.04. The maximum Gasteiger partial charge on any atom is 0.0579 e. The van der Waals surface area contributed by atoms with Crippen molar-refractivity contribution in [2.75, 3.05) is 0 Å². The van der Waals surface area contributed by atoms with Crippen LogP contribution in [0.2, 0.25) is 0 Å². The van der Waals surface area contributed by atoms with E-state index in [4.69, 9.17) is 4.66 Å². The molecule has 2 nitrogen and oxygen atoms in total. The quantitative estimate of drug-likeness (QED) is 0.652. The molecular weight excluding hydrogens is 162 g/mol. The first-order valence-electron chi connectivity index (χ1n) is 3.27. The Kier molecular flexibility index (Phi) is 4.83. The number of rotatable bonds is 0. The number of nitrogens with zero attached hydrogens (tertiary/aromatic N) is 1. The number of aromatic nitrogens is 1. The van der Waals surface area contributed by atoms with Gasteiger partial charge in [-0.2, -0.15) is 0 Å². The fraction of sp³-hybridized carbons (Fsp3) is 0.375. The molecule has 0 spiro atoms. The molecule has 0 saturated heterocycles. The first-order valence-corrected chi connectivity index (χ1v) is 3.61. The SMILES string of the molecule is Cc1cc(C)nc(C)c1.OCl. The van der Waals surface area contributed by atoms with Crippen molar-refractivity contribution < 1.29 is 4.66 Å². The van der Waals surface area contributed by atoms with Gasteiger partial charge in [0.25, 0.3) is 0 Å². The van der Waals surface area contributed by atoms with Gasteiger partial charge in [-0.05, 0) is 38.5 Å². The Bertz CT molecular complexity index is 175. The molecule has 0 unspecified atom stereocenters. The number of hydrogen-bond acceptors (Lipinski definition) is 2. The number of aryl methyl sites for hydroxylation is 3. The molecule has 62 valence electrons. The van der Waals surface area contributed by atoms with Crippen molar-refractivity contribution in [1.82, 2.24) is 4.98 Å². The van der Waals surface area contributed by atoms with E-state index < -0.39 is 0 Å². The van der Waals surface area contributed by atoms with Gasteiger partial charge in [-0.15, -0.1) is 0 Å². The maximum absolute atomic E-state index is 6.47. The fourth-order valence-corrected chi connectivity index (χ4v) is 1.04. The Morgan fingerprint density at radius 3 is 1.73 bits per heavy atom. The van der Waals surface area contributed by atoms with E-state index in [1.54, 1.807) is 0 Å². The summed E-state index contributed by atoms with van der Waals surface area (Å²) in [7, 11) is 0. The molecule has 0 aromatic carbocycles. The predicted octanol–water partition coefficient (Wildman–Crippen LogP) is 2.14. The van der Waals surface area contributed by atoms with E-state index in [0.717, 1.165) is 11.4 Å². The highest BCUT2D eigenvalue weighted by Crippen LogP contribution is 2.01. The van der Waals surface area contributed by atoms with Crippen molar-refractivity contribution in [2.45, 2.75) is 20.8 Å². The lowest BCUT2D eigenvalue weighted by molar-refractivity contribution is 0.632. The van der Waals surface area contributed by atoms with Crippen molar-refractivity contribution in [2.24, 2.45) is 0 Å². The molecule has 0 radical (unpaired) electrons. The van der Waals surface area contributed by atoms with Crippen molar-refractivity contribution >= 4 is 11.9 Å². The highest BCUT2D eigenvalue weighted by molar-refractivity contribution is 6.04. The van der Waals surface area contributed by atoms with Crippen LogP contribution in [-0.2, 0) is 0 Å². The van der Waals surface area contributed by atoms with Crippen LogP contribution in [0.4, 0.5) is 0 Å². The summed E-state index contributed by atoms with van der Waals surface area (Å²) in [5.74, 6) is 0. The molecule has 0 atom stereocenters. The van der Waals surface area contributed by atoms with E-state index in [1.807, 2.05) is 13.8 Å². The Morgan fingerprint density at radius 2 is 1.45 bits per heavy atom. The molecule has 0 bridgehead atoms. The molecule has 0 fully saturated rings. The van der Waals surface area contributed by atoms with E-state index in [1.165, 1.54) is 5.56 Å². The minimum Gasteiger partial charge on any atom is -0.295 e. The molecular formula is C8H12ClNO. The predicted molar refractivity (Wildman–Crippen MR) is 46.5 cm³/mol. The molecule has 1 heterocycles. The summed E-state index contributed by atoms with van der Waals surface area (Å²) >= 11 is 3.64. The highest BCUT2D eigenvalue weighted by atomic mass is 35.5. The van der Waals surface area contributed by atoms with Gasteiger partial charge in [-0.3, -0.25) is 9.64 Å². The Hall–Kier alpha value is -0.600. The van der Waals surface area contributed by atoms with Gasteiger partial charge in [0.05, 0.1) is 11.9 Å². The number of pyridine rings is 1. The molecule has 1 rings (SSSR count). The summed E-state index contributed by atoms with van der Waals surface area (Å²) in [5.41, 5.74) is 3.50.